The van der Waals surface area contributed by atoms with E-state index in [1.165, 1.54) is 0 Å². The Morgan fingerprint density at radius 1 is 1.30 bits per heavy atom. The lowest BCUT2D eigenvalue weighted by Gasteiger charge is -2.07. The van der Waals surface area contributed by atoms with Crippen LogP contribution >= 0.6 is 0 Å². The van der Waals surface area contributed by atoms with Crippen LogP contribution in [0.4, 0.5) is 0 Å². The van der Waals surface area contributed by atoms with E-state index < -0.39 is 0 Å². The first-order valence-corrected chi connectivity index (χ1v) is 6.81. The lowest BCUT2D eigenvalue weighted by atomic mass is 10.3. The molecule has 0 amide bonds. The molecule has 20 heavy (non-hydrogen) atoms. The third kappa shape index (κ3) is 3.33. The Labute approximate surface area is 119 Å². The number of nitrogens with one attached hydrogen (secondary N) is 1. The van der Waals surface area contributed by atoms with Crippen LogP contribution in [-0.2, 0) is 13.6 Å². The molecule has 0 spiro atoms. The summed E-state index contributed by atoms with van der Waals surface area (Å²) >= 11 is 0. The highest BCUT2D eigenvalue weighted by Gasteiger charge is 2.12. The van der Waals surface area contributed by atoms with Crippen molar-refractivity contribution in [2.75, 3.05) is 6.54 Å². The van der Waals surface area contributed by atoms with Crippen molar-refractivity contribution in [2.45, 2.75) is 33.7 Å². The van der Waals surface area contributed by atoms with E-state index in [2.05, 4.69) is 27.3 Å². The van der Waals surface area contributed by atoms with Crippen LogP contribution in [0.15, 0.2) is 12.4 Å². The maximum Gasteiger partial charge on any atom is 0.238 e. The molecule has 0 bridgehead atoms. The molecule has 2 heterocycles. The van der Waals surface area contributed by atoms with Crippen molar-refractivity contribution < 1.29 is 4.74 Å². The first kappa shape index (κ1) is 14.5. The van der Waals surface area contributed by atoms with Crippen LogP contribution in [-0.4, -0.2) is 26.3 Å². The molecule has 2 aromatic heterocycles. The summed E-state index contributed by atoms with van der Waals surface area (Å²) < 4.78 is 7.62. The number of hydrogen-bond donors (Lipinski definition) is 1. The number of nitrogens with zero attached hydrogens (tertiary/aromatic N) is 4. The highest BCUT2D eigenvalue weighted by molar-refractivity contribution is 5.34. The van der Waals surface area contributed by atoms with Crippen molar-refractivity contribution >= 4 is 0 Å². The second-order valence-corrected chi connectivity index (χ2v) is 4.75. The molecule has 1 N–H and O–H groups in total. The fourth-order valence-corrected chi connectivity index (χ4v) is 1.92. The van der Waals surface area contributed by atoms with Gasteiger partial charge < -0.3 is 10.1 Å². The molecular weight excluding hydrogens is 254 g/mol. The van der Waals surface area contributed by atoms with E-state index in [4.69, 9.17) is 4.74 Å². The number of ether oxygens (including phenoxy) is 1. The van der Waals surface area contributed by atoms with Gasteiger partial charge in [-0.25, -0.2) is 4.98 Å². The van der Waals surface area contributed by atoms with Crippen molar-refractivity contribution in [1.82, 2.24) is 25.1 Å². The lowest BCUT2D eigenvalue weighted by molar-refractivity contribution is 0.449. The summed E-state index contributed by atoms with van der Waals surface area (Å²) in [5, 5.41) is 7.62. The van der Waals surface area contributed by atoms with Gasteiger partial charge in [-0.1, -0.05) is 6.92 Å². The van der Waals surface area contributed by atoms with Gasteiger partial charge in [0, 0.05) is 19.8 Å². The molecular formula is C14H21N5O. The Kier molecular flexibility index (Phi) is 4.68. The predicted molar refractivity (Wildman–Crippen MR) is 76.8 cm³/mol. The van der Waals surface area contributed by atoms with Gasteiger partial charge in [0.25, 0.3) is 0 Å². The molecule has 0 radical (unpaired) electrons. The number of rotatable bonds is 6. The van der Waals surface area contributed by atoms with Crippen molar-refractivity contribution in [3.8, 4) is 11.6 Å². The van der Waals surface area contributed by atoms with Gasteiger partial charge in [-0.15, -0.1) is 0 Å². The smallest absolute Gasteiger partial charge is 0.238 e. The van der Waals surface area contributed by atoms with Crippen molar-refractivity contribution in [3.05, 3.63) is 29.5 Å². The normalized spacial score (nSPS) is 10.8. The first-order chi connectivity index (χ1) is 9.61. The third-order valence-electron chi connectivity index (χ3n) is 3.04. The lowest BCUT2D eigenvalue weighted by Crippen LogP contribution is -2.15. The van der Waals surface area contributed by atoms with Crippen LogP contribution in [0, 0.1) is 13.8 Å². The van der Waals surface area contributed by atoms with Crippen LogP contribution in [0.25, 0.3) is 0 Å². The van der Waals surface area contributed by atoms with E-state index in [0.717, 1.165) is 35.8 Å². The Morgan fingerprint density at radius 3 is 2.75 bits per heavy atom. The highest BCUT2D eigenvalue weighted by Crippen LogP contribution is 2.26. The monoisotopic (exact) mass is 275 g/mol. The van der Waals surface area contributed by atoms with Crippen LogP contribution in [0.3, 0.4) is 0 Å². The predicted octanol–water partition coefficient (Wildman–Crippen LogP) is 2.12. The Morgan fingerprint density at radius 2 is 2.10 bits per heavy atom. The van der Waals surface area contributed by atoms with Crippen LogP contribution in [0.5, 0.6) is 11.6 Å². The second kappa shape index (κ2) is 6.47. The zero-order valence-electron chi connectivity index (χ0n) is 12.5. The molecule has 0 saturated heterocycles. The Balaban J connectivity index is 2.11. The Bertz CT molecular complexity index is 579. The summed E-state index contributed by atoms with van der Waals surface area (Å²) in [5.74, 6) is 1.25. The standard InChI is InChI=1S/C14H21N5O/c1-5-6-15-7-12-8-16-9-13(17-12)20-14-10(2)18-19(4)11(14)3/h8-9,15H,5-7H2,1-4H3. The summed E-state index contributed by atoms with van der Waals surface area (Å²) in [6.07, 6.45) is 4.46. The molecule has 6 nitrogen and oxygen atoms in total. The van der Waals surface area contributed by atoms with E-state index >= 15 is 0 Å². The molecule has 0 aromatic carbocycles. The molecule has 2 aromatic rings. The van der Waals surface area contributed by atoms with Gasteiger partial charge in [0.1, 0.15) is 5.69 Å². The van der Waals surface area contributed by atoms with E-state index in [9.17, 15) is 0 Å². The SMILES string of the molecule is CCCNCc1cncc(Oc2c(C)nn(C)c2C)n1. The molecule has 0 aliphatic rings. The van der Waals surface area contributed by atoms with Gasteiger partial charge >= 0.3 is 0 Å². The van der Waals surface area contributed by atoms with E-state index in [0.29, 0.717) is 12.4 Å². The van der Waals surface area contributed by atoms with Crippen molar-refractivity contribution in [1.29, 1.82) is 0 Å². The molecule has 0 saturated carbocycles. The largest absolute Gasteiger partial charge is 0.434 e. The van der Waals surface area contributed by atoms with Crippen molar-refractivity contribution in [3.63, 3.8) is 0 Å². The van der Waals surface area contributed by atoms with Gasteiger partial charge in [0.2, 0.25) is 5.88 Å². The minimum absolute atomic E-state index is 0.500. The number of aryl methyl sites for hydroxylation is 2. The van der Waals surface area contributed by atoms with Crippen LogP contribution in [0.1, 0.15) is 30.4 Å². The maximum absolute atomic E-state index is 5.82. The summed E-state index contributed by atoms with van der Waals surface area (Å²) in [7, 11) is 1.89. The molecule has 0 atom stereocenters. The summed E-state index contributed by atoms with van der Waals surface area (Å²) in [6.45, 7) is 7.68. The first-order valence-electron chi connectivity index (χ1n) is 6.81. The van der Waals surface area contributed by atoms with Gasteiger partial charge in [-0.05, 0) is 26.8 Å². The molecule has 0 unspecified atom stereocenters. The fourth-order valence-electron chi connectivity index (χ4n) is 1.92. The molecule has 2 rings (SSSR count). The minimum Gasteiger partial charge on any atom is -0.434 e. The van der Waals surface area contributed by atoms with Crippen LogP contribution in [0.2, 0.25) is 0 Å². The van der Waals surface area contributed by atoms with E-state index in [-0.39, 0.29) is 0 Å². The molecule has 108 valence electrons. The van der Waals surface area contributed by atoms with Gasteiger partial charge in [-0.2, -0.15) is 5.10 Å². The molecule has 0 aliphatic carbocycles. The molecule has 0 aliphatic heterocycles. The zero-order chi connectivity index (χ0) is 14.5. The van der Waals surface area contributed by atoms with Gasteiger partial charge in [-0.3, -0.25) is 9.67 Å². The fraction of sp³-hybridized carbons (Fsp3) is 0.500. The van der Waals surface area contributed by atoms with Crippen molar-refractivity contribution in [2.24, 2.45) is 7.05 Å². The summed E-state index contributed by atoms with van der Waals surface area (Å²) in [4.78, 5) is 8.62. The minimum atomic E-state index is 0.500. The van der Waals surface area contributed by atoms with Crippen LogP contribution < -0.4 is 10.1 Å². The van der Waals surface area contributed by atoms with Gasteiger partial charge in [0.05, 0.1) is 17.6 Å². The topological polar surface area (TPSA) is 64.9 Å². The average molecular weight is 275 g/mol. The highest BCUT2D eigenvalue weighted by atomic mass is 16.5. The second-order valence-electron chi connectivity index (χ2n) is 4.75. The van der Waals surface area contributed by atoms with E-state index in [1.54, 1.807) is 17.1 Å². The quantitative estimate of drug-likeness (QED) is 0.818. The summed E-state index contributed by atoms with van der Waals surface area (Å²) in [6, 6.07) is 0. The zero-order valence-corrected chi connectivity index (χ0v) is 12.5. The molecule has 0 fully saturated rings. The number of hydrogen-bond acceptors (Lipinski definition) is 5. The maximum atomic E-state index is 5.82. The van der Waals surface area contributed by atoms with E-state index in [1.807, 2.05) is 20.9 Å². The average Bonchev–Trinajstić information content (AvgIpc) is 2.66. The summed E-state index contributed by atoms with van der Waals surface area (Å²) in [5.41, 5.74) is 2.69. The molecule has 6 heteroatoms. The van der Waals surface area contributed by atoms with Gasteiger partial charge in [0.15, 0.2) is 5.75 Å². The Hall–Kier alpha value is -1.95. The number of aromatic nitrogens is 4. The third-order valence-corrected chi connectivity index (χ3v) is 3.04.